The molecule has 0 aliphatic carbocycles. The largest absolute Gasteiger partial charge is 0.368 e. The van der Waals surface area contributed by atoms with E-state index >= 15 is 0 Å². The summed E-state index contributed by atoms with van der Waals surface area (Å²) in [6.45, 7) is 4.41. The number of nitrogens with one attached hydrogen (secondary N) is 1. The third kappa shape index (κ3) is 41.3. The molecule has 0 amide bonds. The van der Waals surface area contributed by atoms with Crippen LogP contribution in [-0.2, 0) is 0 Å². The number of aliphatic hydroxyl groups excluding tert-OH is 1. The smallest absolute Gasteiger partial charge is 0.148 e. The Morgan fingerprint density at radius 3 is 1.64 bits per heavy atom. The fourth-order valence-electron chi connectivity index (χ4n) is 0.329. The van der Waals surface area contributed by atoms with Crippen LogP contribution in [0.15, 0.2) is 0 Å². The van der Waals surface area contributed by atoms with Crippen LogP contribution >= 0.6 is 0 Å². The van der Waals surface area contributed by atoms with Gasteiger partial charge in [-0.2, -0.15) is 0 Å². The minimum Gasteiger partial charge on any atom is -0.368 e. The van der Waals surface area contributed by atoms with Gasteiger partial charge in [0.15, 0.2) is 0 Å². The molecule has 0 spiro atoms. The Balaban J connectivity index is 0. The second-order valence-electron chi connectivity index (χ2n) is 1.96. The maximum Gasteiger partial charge on any atom is 0.148 e. The van der Waals surface area contributed by atoms with Crippen LogP contribution in [0.1, 0.15) is 6.92 Å². The van der Waals surface area contributed by atoms with Crippen molar-refractivity contribution in [2.45, 2.75) is 13.2 Å². The summed E-state index contributed by atoms with van der Waals surface area (Å²) in [6.07, 6.45) is -1.17. The molecule has 11 heavy (non-hydrogen) atoms. The topological polar surface area (TPSA) is 105 Å². The Hall–Kier alpha value is -0.200. The van der Waals surface area contributed by atoms with Gasteiger partial charge in [-0.3, -0.25) is 0 Å². The first-order valence-electron chi connectivity index (χ1n) is 3.62. The van der Waals surface area contributed by atoms with Gasteiger partial charge >= 0.3 is 0 Å². The van der Waals surface area contributed by atoms with Crippen LogP contribution in [0.3, 0.4) is 0 Å². The Morgan fingerprint density at radius 1 is 1.18 bits per heavy atom. The van der Waals surface area contributed by atoms with Gasteiger partial charge in [0.1, 0.15) is 6.29 Å². The lowest BCUT2D eigenvalue weighted by Crippen LogP contribution is -2.27. The van der Waals surface area contributed by atoms with Crippen LogP contribution in [0.4, 0.5) is 0 Å². The van der Waals surface area contributed by atoms with Crippen LogP contribution in [0, 0.1) is 0 Å². The summed E-state index contributed by atoms with van der Waals surface area (Å²) in [5, 5.41) is 18.3. The molecule has 0 saturated carbocycles. The SMILES string of the molecule is CC(O)O.NCCNCCN. The van der Waals surface area contributed by atoms with Crippen LogP contribution < -0.4 is 16.8 Å². The van der Waals surface area contributed by atoms with Crippen LogP contribution in [0.25, 0.3) is 0 Å². The van der Waals surface area contributed by atoms with Crippen molar-refractivity contribution in [1.29, 1.82) is 0 Å². The monoisotopic (exact) mass is 165 g/mol. The molecule has 0 aromatic rings. The van der Waals surface area contributed by atoms with E-state index in [1.807, 2.05) is 0 Å². The Labute approximate surface area is 67.4 Å². The molecule has 0 aliphatic heterocycles. The van der Waals surface area contributed by atoms with E-state index in [0.717, 1.165) is 13.1 Å². The molecule has 0 rings (SSSR count). The molecule has 5 heteroatoms. The predicted molar refractivity (Wildman–Crippen MR) is 44.9 cm³/mol. The second-order valence-corrected chi connectivity index (χ2v) is 1.96. The Bertz CT molecular complexity index is 55.0. The third-order valence-corrected chi connectivity index (χ3v) is 0.642. The molecule has 0 aromatic heterocycles. The first-order chi connectivity index (χ1) is 5.15. The summed E-state index contributed by atoms with van der Waals surface area (Å²) < 4.78 is 0. The van der Waals surface area contributed by atoms with Gasteiger partial charge in [0.2, 0.25) is 0 Å². The highest BCUT2D eigenvalue weighted by atomic mass is 16.5. The zero-order valence-electron chi connectivity index (χ0n) is 6.95. The van der Waals surface area contributed by atoms with Crippen molar-refractivity contribution in [3.8, 4) is 0 Å². The fraction of sp³-hybridized carbons (Fsp3) is 1.00. The molecule has 0 atom stereocenters. The Morgan fingerprint density at radius 2 is 1.45 bits per heavy atom. The van der Waals surface area contributed by atoms with Crippen molar-refractivity contribution in [2.75, 3.05) is 26.2 Å². The van der Waals surface area contributed by atoms with Gasteiger partial charge in [-0.15, -0.1) is 0 Å². The van der Waals surface area contributed by atoms with E-state index in [9.17, 15) is 0 Å². The van der Waals surface area contributed by atoms with Crippen molar-refractivity contribution in [1.82, 2.24) is 5.32 Å². The average Bonchev–Trinajstić information content (AvgIpc) is 1.88. The highest BCUT2D eigenvalue weighted by Gasteiger charge is 1.76. The van der Waals surface area contributed by atoms with Gasteiger partial charge in [-0.25, -0.2) is 0 Å². The minimum absolute atomic E-state index is 0.694. The molecule has 0 radical (unpaired) electrons. The molecular weight excluding hydrogens is 146 g/mol. The van der Waals surface area contributed by atoms with E-state index in [4.69, 9.17) is 21.7 Å². The quantitative estimate of drug-likeness (QED) is 0.240. The lowest BCUT2D eigenvalue weighted by Gasteiger charge is -1.95. The molecule has 7 N–H and O–H groups in total. The summed E-state index contributed by atoms with van der Waals surface area (Å²) >= 11 is 0. The zero-order chi connectivity index (χ0) is 9.11. The van der Waals surface area contributed by atoms with Gasteiger partial charge in [0.25, 0.3) is 0 Å². The van der Waals surface area contributed by atoms with Gasteiger partial charge in [-0.05, 0) is 6.92 Å². The summed E-state index contributed by atoms with van der Waals surface area (Å²) in [7, 11) is 0. The van der Waals surface area contributed by atoms with Gasteiger partial charge in [-0.1, -0.05) is 0 Å². The van der Waals surface area contributed by atoms with Crippen LogP contribution in [0.5, 0.6) is 0 Å². The maximum atomic E-state index is 7.61. The third-order valence-electron chi connectivity index (χ3n) is 0.642. The highest BCUT2D eigenvalue weighted by molar-refractivity contribution is 4.45. The number of hydrogen-bond donors (Lipinski definition) is 5. The Kier molecular flexibility index (Phi) is 15.2. The normalized spacial score (nSPS) is 9.27. The number of hydrogen-bond acceptors (Lipinski definition) is 5. The fourth-order valence-corrected chi connectivity index (χ4v) is 0.329. The first-order valence-corrected chi connectivity index (χ1v) is 3.62. The average molecular weight is 165 g/mol. The molecule has 70 valence electrons. The van der Waals surface area contributed by atoms with Crippen molar-refractivity contribution >= 4 is 0 Å². The molecule has 0 bridgehead atoms. The molecule has 0 aliphatic rings. The standard InChI is InChI=1S/C4H13N3.C2H6O2/c5-1-3-7-4-2-6;1-2(3)4/h7H,1-6H2;2-4H,1H3. The number of rotatable bonds is 4. The highest BCUT2D eigenvalue weighted by Crippen LogP contribution is 1.57. The predicted octanol–water partition coefficient (Wildman–Crippen LogP) is -2.19. The van der Waals surface area contributed by atoms with Crippen LogP contribution in [0.2, 0.25) is 0 Å². The van der Waals surface area contributed by atoms with E-state index in [1.54, 1.807) is 0 Å². The van der Waals surface area contributed by atoms with Gasteiger partial charge in [0, 0.05) is 26.2 Å². The van der Waals surface area contributed by atoms with Crippen molar-refractivity contribution < 1.29 is 10.2 Å². The van der Waals surface area contributed by atoms with E-state index in [1.165, 1.54) is 6.92 Å². The summed E-state index contributed by atoms with van der Waals surface area (Å²) in [5.74, 6) is 0. The van der Waals surface area contributed by atoms with E-state index in [0.29, 0.717) is 13.1 Å². The molecule has 0 fully saturated rings. The zero-order valence-corrected chi connectivity index (χ0v) is 6.95. The summed E-state index contributed by atoms with van der Waals surface area (Å²) in [6, 6.07) is 0. The minimum atomic E-state index is -1.17. The molecule has 0 aromatic carbocycles. The number of nitrogens with two attached hydrogens (primary N) is 2. The molecule has 0 unspecified atom stereocenters. The van der Waals surface area contributed by atoms with Crippen molar-refractivity contribution in [3.63, 3.8) is 0 Å². The summed E-state index contributed by atoms with van der Waals surface area (Å²) in [5.41, 5.74) is 10.3. The lowest BCUT2D eigenvalue weighted by molar-refractivity contribution is -0.0228. The van der Waals surface area contributed by atoms with Gasteiger partial charge in [0.05, 0.1) is 0 Å². The van der Waals surface area contributed by atoms with E-state index < -0.39 is 6.29 Å². The molecule has 0 saturated heterocycles. The summed E-state index contributed by atoms with van der Waals surface area (Å²) in [4.78, 5) is 0. The maximum absolute atomic E-state index is 7.61. The molecular formula is C6H19N3O2. The van der Waals surface area contributed by atoms with Crippen molar-refractivity contribution in [2.24, 2.45) is 11.5 Å². The molecule has 5 nitrogen and oxygen atoms in total. The van der Waals surface area contributed by atoms with E-state index in [-0.39, 0.29) is 0 Å². The number of aliphatic hydroxyl groups is 2. The lowest BCUT2D eigenvalue weighted by atomic mass is 10.6. The van der Waals surface area contributed by atoms with E-state index in [2.05, 4.69) is 5.32 Å². The van der Waals surface area contributed by atoms with Crippen molar-refractivity contribution in [3.05, 3.63) is 0 Å². The van der Waals surface area contributed by atoms with Gasteiger partial charge < -0.3 is 27.0 Å². The molecule has 0 heterocycles. The van der Waals surface area contributed by atoms with Crippen LogP contribution in [-0.4, -0.2) is 42.7 Å². The second kappa shape index (κ2) is 12.5. The first kappa shape index (κ1) is 13.4.